The third-order valence-electron chi connectivity index (χ3n) is 3.24. The molecule has 1 unspecified atom stereocenters. The third kappa shape index (κ3) is 4.34. The molecule has 3 N–H and O–H groups in total. The Morgan fingerprint density at radius 2 is 1.88 bits per heavy atom. The highest BCUT2D eigenvalue weighted by molar-refractivity contribution is 7.98. The molecular weight excluding hydrogens is 220 g/mol. The van der Waals surface area contributed by atoms with Gasteiger partial charge in [-0.1, -0.05) is 6.92 Å². The molecule has 16 heavy (non-hydrogen) atoms. The minimum absolute atomic E-state index is 0.0351. The minimum Gasteiger partial charge on any atom is -0.355 e. The lowest BCUT2D eigenvalue weighted by molar-refractivity contribution is -0.132. The Bertz CT molecular complexity index is 234. The van der Waals surface area contributed by atoms with Gasteiger partial charge in [-0.05, 0) is 45.6 Å². The van der Waals surface area contributed by atoms with Crippen molar-refractivity contribution >= 4 is 17.7 Å². The zero-order chi connectivity index (χ0) is 13.0. The first kappa shape index (κ1) is 15.8. The lowest BCUT2D eigenvalue weighted by atomic mass is 9.74. The van der Waals surface area contributed by atoms with E-state index in [1.807, 2.05) is 27.7 Å². The predicted molar refractivity (Wildman–Crippen MR) is 72.6 cm³/mol. The van der Waals surface area contributed by atoms with Crippen LogP contribution in [0.3, 0.4) is 0 Å². The number of carbonyl (C=O) groups is 1. The number of rotatable bonds is 6. The van der Waals surface area contributed by atoms with Crippen LogP contribution in [0.15, 0.2) is 0 Å². The number of carbonyl (C=O) groups excluding carboxylic acids is 1. The Labute approximate surface area is 104 Å². The molecule has 0 radical (unpaired) electrons. The molecule has 1 amide bonds. The molecule has 1 atom stereocenters. The Morgan fingerprint density at radius 1 is 1.38 bits per heavy atom. The van der Waals surface area contributed by atoms with E-state index < -0.39 is 11.0 Å². The van der Waals surface area contributed by atoms with Crippen molar-refractivity contribution in [2.45, 2.75) is 40.2 Å². The van der Waals surface area contributed by atoms with Gasteiger partial charge in [0.2, 0.25) is 5.91 Å². The van der Waals surface area contributed by atoms with Crippen molar-refractivity contribution in [1.29, 1.82) is 0 Å². The van der Waals surface area contributed by atoms with Gasteiger partial charge in [-0.2, -0.15) is 11.8 Å². The highest BCUT2D eigenvalue weighted by Gasteiger charge is 2.40. The Morgan fingerprint density at radius 3 is 2.25 bits per heavy atom. The van der Waals surface area contributed by atoms with Crippen LogP contribution in [0.2, 0.25) is 0 Å². The maximum Gasteiger partial charge on any atom is 0.227 e. The van der Waals surface area contributed by atoms with Crippen LogP contribution < -0.4 is 11.1 Å². The van der Waals surface area contributed by atoms with Crippen molar-refractivity contribution in [1.82, 2.24) is 5.32 Å². The average Bonchev–Trinajstić information content (AvgIpc) is 2.12. The van der Waals surface area contributed by atoms with Crippen molar-refractivity contribution < 1.29 is 4.79 Å². The topological polar surface area (TPSA) is 55.1 Å². The molecule has 0 heterocycles. The van der Waals surface area contributed by atoms with Gasteiger partial charge in [-0.25, -0.2) is 0 Å². The van der Waals surface area contributed by atoms with E-state index >= 15 is 0 Å². The van der Waals surface area contributed by atoms with Gasteiger partial charge in [0.25, 0.3) is 0 Å². The van der Waals surface area contributed by atoms with Crippen LogP contribution in [-0.2, 0) is 4.79 Å². The second kappa shape index (κ2) is 5.92. The fraction of sp³-hybridized carbons (Fsp3) is 0.917. The summed E-state index contributed by atoms with van der Waals surface area (Å²) in [7, 11) is 0. The van der Waals surface area contributed by atoms with Gasteiger partial charge in [0.1, 0.15) is 0 Å². The van der Waals surface area contributed by atoms with Crippen molar-refractivity contribution in [3.05, 3.63) is 0 Å². The monoisotopic (exact) mass is 246 g/mol. The lowest BCUT2D eigenvalue weighted by Gasteiger charge is -2.37. The van der Waals surface area contributed by atoms with Crippen LogP contribution >= 0.6 is 11.8 Å². The van der Waals surface area contributed by atoms with Gasteiger partial charge in [-0.15, -0.1) is 0 Å². The molecule has 0 aliphatic rings. The van der Waals surface area contributed by atoms with Gasteiger partial charge in [-0.3, -0.25) is 4.79 Å². The molecule has 4 heteroatoms. The number of hydrogen-bond donors (Lipinski definition) is 2. The summed E-state index contributed by atoms with van der Waals surface area (Å²) in [6, 6.07) is 0. The first-order chi connectivity index (χ1) is 7.13. The second-order valence-corrected chi connectivity index (χ2v) is 6.53. The van der Waals surface area contributed by atoms with Gasteiger partial charge in [0.15, 0.2) is 0 Å². The predicted octanol–water partition coefficient (Wildman–Crippen LogP) is 1.87. The molecule has 96 valence electrons. The highest BCUT2D eigenvalue weighted by atomic mass is 32.2. The third-order valence-corrected chi connectivity index (χ3v) is 4.14. The fourth-order valence-electron chi connectivity index (χ4n) is 1.12. The summed E-state index contributed by atoms with van der Waals surface area (Å²) in [4.78, 5) is 12.0. The van der Waals surface area contributed by atoms with E-state index in [0.717, 1.165) is 12.3 Å². The van der Waals surface area contributed by atoms with E-state index in [9.17, 15) is 4.79 Å². The summed E-state index contributed by atoms with van der Waals surface area (Å²) in [6.07, 6.45) is 2.07. The lowest BCUT2D eigenvalue weighted by Crippen LogP contribution is -2.56. The molecule has 0 spiro atoms. The fourth-order valence-corrected chi connectivity index (χ4v) is 1.81. The summed E-state index contributed by atoms with van der Waals surface area (Å²) in [5, 5.41) is 2.98. The van der Waals surface area contributed by atoms with Crippen LogP contribution in [0.1, 0.15) is 34.6 Å². The van der Waals surface area contributed by atoms with E-state index in [0.29, 0.717) is 5.92 Å². The summed E-state index contributed by atoms with van der Waals surface area (Å²) in [5.41, 5.74) is 4.95. The largest absolute Gasteiger partial charge is 0.355 e. The van der Waals surface area contributed by atoms with E-state index in [2.05, 4.69) is 18.5 Å². The summed E-state index contributed by atoms with van der Waals surface area (Å²) < 4.78 is 0. The second-order valence-electron chi connectivity index (χ2n) is 5.62. The van der Waals surface area contributed by atoms with Crippen LogP contribution in [0.5, 0.6) is 0 Å². The zero-order valence-corrected chi connectivity index (χ0v) is 12.2. The van der Waals surface area contributed by atoms with E-state index in [1.54, 1.807) is 11.8 Å². The van der Waals surface area contributed by atoms with Gasteiger partial charge >= 0.3 is 0 Å². The molecule has 0 aliphatic carbocycles. The number of nitrogens with two attached hydrogens (primary N) is 1. The number of hydrogen-bond acceptors (Lipinski definition) is 3. The molecule has 0 bridgehead atoms. The molecule has 0 rings (SSSR count). The normalized spacial score (nSPS) is 14.7. The molecular formula is C12H26N2OS. The van der Waals surface area contributed by atoms with Crippen LogP contribution in [0, 0.1) is 11.3 Å². The summed E-state index contributed by atoms with van der Waals surface area (Å²) in [5.74, 6) is 1.59. The molecule has 3 nitrogen and oxygen atoms in total. The number of thioether (sulfide) groups is 1. The molecule has 0 aromatic carbocycles. The molecule has 0 aromatic rings. The minimum atomic E-state index is -0.550. The SMILES string of the molecule is CSCC(C)CNC(=O)C(C)(C)C(C)(C)N. The summed E-state index contributed by atoms with van der Waals surface area (Å²) >= 11 is 1.80. The molecule has 0 saturated carbocycles. The maximum absolute atomic E-state index is 12.0. The van der Waals surface area contributed by atoms with E-state index in [4.69, 9.17) is 5.73 Å². The number of nitrogens with one attached hydrogen (secondary N) is 1. The molecule has 0 saturated heterocycles. The molecule has 0 fully saturated rings. The number of amides is 1. The standard InChI is InChI=1S/C12H26N2OS/c1-9(8-16-6)7-14-10(15)11(2,3)12(4,5)13/h9H,7-8,13H2,1-6H3,(H,14,15). The van der Waals surface area contributed by atoms with Crippen molar-refractivity contribution in [2.24, 2.45) is 17.1 Å². The van der Waals surface area contributed by atoms with Crippen molar-refractivity contribution in [3.8, 4) is 0 Å². The van der Waals surface area contributed by atoms with Gasteiger partial charge < -0.3 is 11.1 Å². The first-order valence-electron chi connectivity index (χ1n) is 5.69. The van der Waals surface area contributed by atoms with Crippen LogP contribution in [0.4, 0.5) is 0 Å². The van der Waals surface area contributed by atoms with Gasteiger partial charge in [0.05, 0.1) is 5.41 Å². The molecule has 0 aromatic heterocycles. The van der Waals surface area contributed by atoms with Crippen LogP contribution in [0.25, 0.3) is 0 Å². The summed E-state index contributed by atoms with van der Waals surface area (Å²) in [6.45, 7) is 10.4. The van der Waals surface area contributed by atoms with E-state index in [-0.39, 0.29) is 5.91 Å². The quantitative estimate of drug-likeness (QED) is 0.752. The van der Waals surface area contributed by atoms with Crippen LogP contribution in [-0.4, -0.2) is 30.0 Å². The Balaban J connectivity index is 4.27. The zero-order valence-electron chi connectivity index (χ0n) is 11.4. The molecule has 0 aliphatic heterocycles. The van der Waals surface area contributed by atoms with Gasteiger partial charge in [0, 0.05) is 12.1 Å². The highest BCUT2D eigenvalue weighted by Crippen LogP contribution is 2.28. The smallest absolute Gasteiger partial charge is 0.227 e. The van der Waals surface area contributed by atoms with Crippen molar-refractivity contribution in [2.75, 3.05) is 18.6 Å². The average molecular weight is 246 g/mol. The first-order valence-corrected chi connectivity index (χ1v) is 7.08. The Kier molecular flexibility index (Phi) is 5.84. The van der Waals surface area contributed by atoms with Crippen molar-refractivity contribution in [3.63, 3.8) is 0 Å². The Hall–Kier alpha value is -0.220. The maximum atomic E-state index is 12.0. The van der Waals surface area contributed by atoms with E-state index in [1.165, 1.54) is 0 Å².